The van der Waals surface area contributed by atoms with Crippen LogP contribution in [0.4, 0.5) is 0 Å². The van der Waals surface area contributed by atoms with Gasteiger partial charge in [-0.05, 0) is 34.8 Å². The molecular formula is C11H15Br2NOS. The summed E-state index contributed by atoms with van der Waals surface area (Å²) in [5, 5.41) is 5.76. The van der Waals surface area contributed by atoms with E-state index in [9.17, 15) is 4.79 Å². The fraction of sp³-hybridized carbons (Fsp3) is 0.545. The molecule has 1 amide bonds. The molecule has 0 fully saturated rings. The lowest BCUT2D eigenvalue weighted by molar-refractivity contribution is 0.0904. The minimum absolute atomic E-state index is 0.00472. The van der Waals surface area contributed by atoms with Crippen LogP contribution in [-0.4, -0.2) is 16.8 Å². The maximum atomic E-state index is 12.0. The van der Waals surface area contributed by atoms with Gasteiger partial charge in [0.2, 0.25) is 0 Å². The summed E-state index contributed by atoms with van der Waals surface area (Å²) in [6.07, 6.45) is 1.84. The fourth-order valence-corrected chi connectivity index (χ4v) is 3.46. The number of amides is 1. The van der Waals surface area contributed by atoms with Gasteiger partial charge in [-0.1, -0.05) is 29.8 Å². The first-order chi connectivity index (χ1) is 7.56. The number of hydrogen-bond donors (Lipinski definition) is 1. The number of carbonyl (C=O) groups excluding carboxylic acids is 1. The van der Waals surface area contributed by atoms with Crippen molar-refractivity contribution in [1.82, 2.24) is 5.32 Å². The summed E-state index contributed by atoms with van der Waals surface area (Å²) in [4.78, 5) is 12.0. The van der Waals surface area contributed by atoms with Gasteiger partial charge >= 0.3 is 0 Å². The molecule has 0 spiro atoms. The van der Waals surface area contributed by atoms with Crippen LogP contribution in [0.25, 0.3) is 0 Å². The Bertz CT molecular complexity index is 352. The highest BCUT2D eigenvalue weighted by Gasteiger charge is 2.27. The third-order valence-electron chi connectivity index (χ3n) is 2.82. The molecule has 90 valence electrons. The number of halogens is 2. The standard InChI is InChI=1S/C11H15Br2NOS/c1-3-11(4-2,7-12)14-10(15)8-5-9(13)16-6-8/h5-6H,3-4,7H2,1-2H3,(H,14,15). The Morgan fingerprint density at radius 3 is 2.50 bits per heavy atom. The molecule has 1 aromatic heterocycles. The molecule has 1 N–H and O–H groups in total. The molecule has 0 aliphatic heterocycles. The predicted molar refractivity (Wildman–Crippen MR) is 76.6 cm³/mol. The van der Waals surface area contributed by atoms with E-state index in [1.54, 1.807) is 0 Å². The largest absolute Gasteiger partial charge is 0.346 e. The van der Waals surface area contributed by atoms with Crippen LogP contribution < -0.4 is 5.32 Å². The molecule has 1 rings (SSSR count). The van der Waals surface area contributed by atoms with Gasteiger partial charge in [-0.3, -0.25) is 4.79 Å². The van der Waals surface area contributed by atoms with Crippen molar-refractivity contribution in [1.29, 1.82) is 0 Å². The lowest BCUT2D eigenvalue weighted by atomic mass is 9.95. The van der Waals surface area contributed by atoms with Gasteiger partial charge in [0.15, 0.2) is 0 Å². The molecule has 5 heteroatoms. The van der Waals surface area contributed by atoms with Crippen LogP contribution in [0.5, 0.6) is 0 Å². The minimum Gasteiger partial charge on any atom is -0.346 e. The lowest BCUT2D eigenvalue weighted by Crippen LogP contribution is -2.49. The molecule has 16 heavy (non-hydrogen) atoms. The van der Waals surface area contributed by atoms with Gasteiger partial charge in [0.25, 0.3) is 5.91 Å². The molecular weight excluding hydrogens is 354 g/mol. The maximum Gasteiger partial charge on any atom is 0.252 e. The van der Waals surface area contributed by atoms with Crippen molar-refractivity contribution < 1.29 is 4.79 Å². The summed E-state index contributed by atoms with van der Waals surface area (Å²) in [7, 11) is 0. The zero-order chi connectivity index (χ0) is 12.2. The van der Waals surface area contributed by atoms with E-state index in [1.165, 1.54) is 11.3 Å². The van der Waals surface area contributed by atoms with Gasteiger partial charge < -0.3 is 5.32 Å². The molecule has 1 heterocycles. The van der Waals surface area contributed by atoms with Crippen LogP contribution in [0, 0.1) is 0 Å². The Morgan fingerprint density at radius 1 is 1.50 bits per heavy atom. The molecule has 0 aliphatic carbocycles. The normalized spacial score (nSPS) is 11.5. The first kappa shape index (κ1) is 14.2. The van der Waals surface area contributed by atoms with Crippen molar-refractivity contribution in [2.75, 3.05) is 5.33 Å². The maximum absolute atomic E-state index is 12.0. The molecule has 0 saturated heterocycles. The Hall–Kier alpha value is 0.130. The molecule has 0 atom stereocenters. The second-order valence-electron chi connectivity index (χ2n) is 3.71. The van der Waals surface area contributed by atoms with Gasteiger partial charge in [-0.2, -0.15) is 0 Å². The summed E-state index contributed by atoms with van der Waals surface area (Å²) in [5.41, 5.74) is 0.593. The second kappa shape index (κ2) is 6.17. The van der Waals surface area contributed by atoms with Crippen LogP contribution in [0.3, 0.4) is 0 Å². The van der Waals surface area contributed by atoms with Crippen molar-refractivity contribution in [3.8, 4) is 0 Å². The summed E-state index contributed by atoms with van der Waals surface area (Å²) >= 11 is 8.36. The van der Waals surface area contributed by atoms with Crippen molar-refractivity contribution in [2.45, 2.75) is 32.2 Å². The predicted octanol–water partition coefficient (Wildman–Crippen LogP) is 4.19. The average molecular weight is 369 g/mol. The van der Waals surface area contributed by atoms with Gasteiger partial charge in [0.1, 0.15) is 0 Å². The number of nitrogens with one attached hydrogen (secondary N) is 1. The minimum atomic E-state index is -0.133. The highest BCUT2D eigenvalue weighted by Crippen LogP contribution is 2.23. The molecule has 0 bridgehead atoms. The van der Waals surface area contributed by atoms with Crippen LogP contribution >= 0.6 is 43.2 Å². The summed E-state index contributed by atoms with van der Waals surface area (Å²) in [5.74, 6) is 0.00472. The zero-order valence-electron chi connectivity index (χ0n) is 9.35. The van der Waals surface area contributed by atoms with Gasteiger partial charge in [0.05, 0.1) is 9.35 Å². The Kier molecular flexibility index (Phi) is 5.47. The van der Waals surface area contributed by atoms with Gasteiger partial charge in [-0.25, -0.2) is 0 Å². The topological polar surface area (TPSA) is 29.1 Å². The van der Waals surface area contributed by atoms with E-state index in [4.69, 9.17) is 0 Å². The molecule has 0 aromatic carbocycles. The number of alkyl halides is 1. The van der Waals surface area contributed by atoms with E-state index in [1.807, 2.05) is 11.4 Å². The van der Waals surface area contributed by atoms with Crippen molar-refractivity contribution >= 4 is 49.1 Å². The quantitative estimate of drug-likeness (QED) is 0.775. The van der Waals surface area contributed by atoms with Crippen LogP contribution in [-0.2, 0) is 0 Å². The monoisotopic (exact) mass is 367 g/mol. The highest BCUT2D eigenvalue weighted by atomic mass is 79.9. The summed E-state index contributed by atoms with van der Waals surface area (Å²) < 4.78 is 0.982. The number of rotatable bonds is 5. The Labute approximate surface area is 117 Å². The zero-order valence-corrected chi connectivity index (χ0v) is 13.3. The Morgan fingerprint density at radius 2 is 2.12 bits per heavy atom. The first-order valence-corrected chi connectivity index (χ1v) is 7.99. The average Bonchev–Trinajstić information content (AvgIpc) is 2.73. The van der Waals surface area contributed by atoms with Gasteiger partial charge in [0, 0.05) is 16.2 Å². The van der Waals surface area contributed by atoms with Crippen molar-refractivity contribution in [2.24, 2.45) is 0 Å². The smallest absolute Gasteiger partial charge is 0.252 e. The fourth-order valence-electron chi connectivity index (χ4n) is 1.39. The summed E-state index contributed by atoms with van der Waals surface area (Å²) in [6.45, 7) is 4.18. The summed E-state index contributed by atoms with van der Waals surface area (Å²) in [6, 6.07) is 1.85. The van der Waals surface area contributed by atoms with E-state index in [-0.39, 0.29) is 11.4 Å². The van der Waals surface area contributed by atoms with E-state index >= 15 is 0 Å². The molecule has 0 aliphatic rings. The molecule has 2 nitrogen and oxygen atoms in total. The third-order valence-corrected chi connectivity index (χ3v) is 5.40. The SMILES string of the molecule is CCC(CC)(CBr)NC(=O)c1csc(Br)c1. The number of hydrogen-bond acceptors (Lipinski definition) is 2. The molecule has 0 unspecified atom stereocenters. The first-order valence-electron chi connectivity index (χ1n) is 5.19. The Balaban J connectivity index is 2.76. The number of carbonyl (C=O) groups is 1. The molecule has 1 aromatic rings. The van der Waals surface area contributed by atoms with E-state index in [0.29, 0.717) is 0 Å². The van der Waals surface area contributed by atoms with Crippen molar-refractivity contribution in [3.05, 3.63) is 20.8 Å². The lowest BCUT2D eigenvalue weighted by Gasteiger charge is -2.30. The van der Waals surface area contributed by atoms with E-state index < -0.39 is 0 Å². The highest BCUT2D eigenvalue weighted by molar-refractivity contribution is 9.11. The van der Waals surface area contributed by atoms with Crippen LogP contribution in [0.2, 0.25) is 0 Å². The van der Waals surface area contributed by atoms with Crippen LogP contribution in [0.15, 0.2) is 15.2 Å². The molecule has 0 radical (unpaired) electrons. The van der Waals surface area contributed by atoms with E-state index in [0.717, 1.165) is 27.5 Å². The third kappa shape index (κ3) is 3.31. The van der Waals surface area contributed by atoms with Gasteiger partial charge in [-0.15, -0.1) is 11.3 Å². The van der Waals surface area contributed by atoms with Crippen molar-refractivity contribution in [3.63, 3.8) is 0 Å². The number of thiophene rings is 1. The molecule has 0 saturated carbocycles. The second-order valence-corrected chi connectivity index (χ2v) is 6.57. The van der Waals surface area contributed by atoms with E-state index in [2.05, 4.69) is 51.0 Å². The van der Waals surface area contributed by atoms with Crippen LogP contribution in [0.1, 0.15) is 37.0 Å².